The first-order chi connectivity index (χ1) is 12.1. The zero-order valence-electron chi connectivity index (χ0n) is 13.7. The number of nitrogens with one attached hydrogen (secondary N) is 1. The normalized spacial score (nSPS) is 19.0. The summed E-state index contributed by atoms with van der Waals surface area (Å²) in [6.07, 6.45) is 5.42. The summed E-state index contributed by atoms with van der Waals surface area (Å²) in [4.78, 5) is 23.7. The van der Waals surface area contributed by atoms with Crippen LogP contribution in [0.5, 0.6) is 0 Å². The Morgan fingerprint density at radius 1 is 1.04 bits per heavy atom. The number of rotatable bonds is 3. The number of fused-ring (bicyclic) bond motifs is 1. The molecule has 0 spiro atoms. The van der Waals surface area contributed by atoms with Gasteiger partial charge in [0, 0.05) is 43.2 Å². The first kappa shape index (κ1) is 16.4. The molecule has 0 unspecified atom stereocenters. The molecule has 0 atom stereocenters. The number of aromatic amines is 1. The Balaban J connectivity index is 1.68. The van der Waals surface area contributed by atoms with Gasteiger partial charge in [0.1, 0.15) is 5.82 Å². The monoisotopic (exact) mass is 361 g/mol. The Hall–Kier alpha value is -2.10. The van der Waals surface area contributed by atoms with E-state index >= 15 is 0 Å². The third kappa shape index (κ3) is 2.99. The molecule has 132 valence electrons. The zero-order valence-corrected chi connectivity index (χ0v) is 14.5. The van der Waals surface area contributed by atoms with Gasteiger partial charge in [-0.3, -0.25) is 9.78 Å². The molecule has 0 amide bonds. The summed E-state index contributed by atoms with van der Waals surface area (Å²) in [7, 11) is -3.49. The molecular formula is C16H19N5O3S. The van der Waals surface area contributed by atoms with Crippen LogP contribution in [0.1, 0.15) is 24.1 Å². The Bertz CT molecular complexity index is 936. The highest BCUT2D eigenvalue weighted by Gasteiger charge is 2.35. The van der Waals surface area contributed by atoms with Crippen LogP contribution in [0.2, 0.25) is 0 Å². The van der Waals surface area contributed by atoms with Gasteiger partial charge < -0.3 is 4.98 Å². The van der Waals surface area contributed by atoms with Crippen LogP contribution in [0, 0.1) is 0 Å². The van der Waals surface area contributed by atoms with E-state index in [1.54, 1.807) is 24.5 Å². The molecule has 4 heterocycles. The largest absolute Gasteiger partial charge is 0.306 e. The van der Waals surface area contributed by atoms with Crippen LogP contribution < -0.4 is 5.56 Å². The van der Waals surface area contributed by atoms with Gasteiger partial charge in [-0.1, -0.05) is 0 Å². The molecule has 1 fully saturated rings. The molecule has 0 aliphatic carbocycles. The van der Waals surface area contributed by atoms with Crippen molar-refractivity contribution in [3.05, 3.63) is 46.1 Å². The third-order valence-electron chi connectivity index (χ3n) is 4.71. The number of hydrogen-bond acceptors (Lipinski definition) is 5. The molecule has 0 radical (unpaired) electrons. The van der Waals surface area contributed by atoms with Crippen molar-refractivity contribution in [2.24, 2.45) is 0 Å². The Labute approximate surface area is 145 Å². The van der Waals surface area contributed by atoms with E-state index < -0.39 is 10.2 Å². The minimum Gasteiger partial charge on any atom is -0.306 e. The van der Waals surface area contributed by atoms with Crippen molar-refractivity contribution in [1.29, 1.82) is 0 Å². The lowest BCUT2D eigenvalue weighted by Gasteiger charge is -2.30. The number of nitrogens with zero attached hydrogens (tertiary/aromatic N) is 4. The fraction of sp³-hybridized carbons (Fsp3) is 0.438. The average molecular weight is 361 g/mol. The van der Waals surface area contributed by atoms with Crippen molar-refractivity contribution in [3.63, 3.8) is 0 Å². The van der Waals surface area contributed by atoms with Gasteiger partial charge in [0.2, 0.25) is 0 Å². The fourth-order valence-electron chi connectivity index (χ4n) is 3.34. The molecule has 25 heavy (non-hydrogen) atoms. The van der Waals surface area contributed by atoms with Gasteiger partial charge in [-0.25, -0.2) is 4.98 Å². The minimum absolute atomic E-state index is 0.135. The van der Waals surface area contributed by atoms with Crippen molar-refractivity contribution in [3.8, 4) is 11.4 Å². The lowest BCUT2D eigenvalue weighted by Crippen LogP contribution is -2.46. The van der Waals surface area contributed by atoms with Crippen LogP contribution >= 0.6 is 0 Å². The lowest BCUT2D eigenvalue weighted by atomic mass is 10.1. The molecule has 2 aromatic rings. The zero-order chi connectivity index (χ0) is 17.4. The Morgan fingerprint density at radius 3 is 2.48 bits per heavy atom. The van der Waals surface area contributed by atoms with E-state index in [0.29, 0.717) is 43.1 Å². The first-order valence-corrected chi connectivity index (χ1v) is 9.73. The predicted molar refractivity (Wildman–Crippen MR) is 91.9 cm³/mol. The number of aromatic nitrogens is 3. The summed E-state index contributed by atoms with van der Waals surface area (Å²) >= 11 is 0. The van der Waals surface area contributed by atoms with E-state index in [0.717, 1.165) is 18.4 Å². The highest BCUT2D eigenvalue weighted by Crippen LogP contribution is 2.23. The van der Waals surface area contributed by atoms with E-state index in [2.05, 4.69) is 15.0 Å². The summed E-state index contributed by atoms with van der Waals surface area (Å²) < 4.78 is 28.5. The van der Waals surface area contributed by atoms with Crippen molar-refractivity contribution in [1.82, 2.24) is 23.6 Å². The van der Waals surface area contributed by atoms with Gasteiger partial charge in [0.15, 0.2) is 0 Å². The standard InChI is InChI=1S/C16H19N5O3S/c22-16-13-5-10-21(25(23,24)20-8-1-2-9-20)11-14(13)18-15(19-16)12-3-6-17-7-4-12/h3-4,6-7H,1-2,5,8-11H2,(H,18,19,22). The topological polar surface area (TPSA) is 99.3 Å². The molecule has 0 aromatic carbocycles. The summed E-state index contributed by atoms with van der Waals surface area (Å²) in [6.45, 7) is 1.58. The number of pyridine rings is 1. The van der Waals surface area contributed by atoms with Gasteiger partial charge in [0.05, 0.1) is 12.2 Å². The molecule has 4 rings (SSSR count). The highest BCUT2D eigenvalue weighted by atomic mass is 32.2. The van der Waals surface area contributed by atoms with Crippen LogP contribution in [0.3, 0.4) is 0 Å². The SMILES string of the molecule is O=c1[nH]c(-c2ccncc2)nc2c1CCN(S(=O)(=O)N1CCCC1)C2. The maximum atomic E-state index is 12.8. The van der Waals surface area contributed by atoms with E-state index in [1.165, 1.54) is 8.61 Å². The fourth-order valence-corrected chi connectivity index (χ4v) is 4.99. The molecule has 2 aromatic heterocycles. The van der Waals surface area contributed by atoms with Gasteiger partial charge in [-0.2, -0.15) is 17.0 Å². The molecule has 1 saturated heterocycles. The second kappa shape index (κ2) is 6.32. The molecular weight excluding hydrogens is 342 g/mol. The number of H-pyrrole nitrogens is 1. The molecule has 8 nitrogen and oxygen atoms in total. The molecule has 2 aliphatic heterocycles. The maximum Gasteiger partial charge on any atom is 0.282 e. The summed E-state index contributed by atoms with van der Waals surface area (Å²) in [5, 5.41) is 0. The average Bonchev–Trinajstić information content (AvgIpc) is 3.17. The highest BCUT2D eigenvalue weighted by molar-refractivity contribution is 7.86. The van der Waals surface area contributed by atoms with Crippen molar-refractivity contribution >= 4 is 10.2 Å². The summed E-state index contributed by atoms with van der Waals surface area (Å²) in [5.41, 5.74) is 1.65. The predicted octanol–water partition coefficient (Wildman–Crippen LogP) is 0.531. The van der Waals surface area contributed by atoms with E-state index in [-0.39, 0.29) is 12.1 Å². The van der Waals surface area contributed by atoms with Crippen LogP contribution in [0.25, 0.3) is 11.4 Å². The van der Waals surface area contributed by atoms with Gasteiger partial charge in [0.25, 0.3) is 15.8 Å². The van der Waals surface area contributed by atoms with Gasteiger partial charge in [-0.15, -0.1) is 0 Å². The number of hydrogen-bond donors (Lipinski definition) is 1. The second-order valence-corrected chi connectivity index (χ2v) is 8.20. The van der Waals surface area contributed by atoms with Crippen molar-refractivity contribution < 1.29 is 8.42 Å². The third-order valence-corrected chi connectivity index (χ3v) is 6.69. The second-order valence-electron chi connectivity index (χ2n) is 6.27. The van der Waals surface area contributed by atoms with Crippen molar-refractivity contribution in [2.75, 3.05) is 19.6 Å². The van der Waals surface area contributed by atoms with Crippen LogP contribution in [0.15, 0.2) is 29.3 Å². The molecule has 1 N–H and O–H groups in total. The summed E-state index contributed by atoms with van der Waals surface area (Å²) in [5.74, 6) is 0.437. The molecule has 0 bridgehead atoms. The van der Waals surface area contributed by atoms with E-state index in [9.17, 15) is 13.2 Å². The van der Waals surface area contributed by atoms with Crippen molar-refractivity contribution in [2.45, 2.75) is 25.8 Å². The van der Waals surface area contributed by atoms with Crippen LogP contribution in [-0.2, 0) is 23.2 Å². The first-order valence-electron chi connectivity index (χ1n) is 8.33. The Morgan fingerprint density at radius 2 is 1.76 bits per heavy atom. The Kier molecular flexibility index (Phi) is 4.14. The van der Waals surface area contributed by atoms with Crippen LogP contribution in [-0.4, -0.2) is 51.6 Å². The van der Waals surface area contributed by atoms with Gasteiger partial charge >= 0.3 is 0 Å². The van der Waals surface area contributed by atoms with Gasteiger partial charge in [-0.05, 0) is 31.4 Å². The molecule has 9 heteroatoms. The lowest BCUT2D eigenvalue weighted by molar-refractivity contribution is 0.340. The smallest absolute Gasteiger partial charge is 0.282 e. The quantitative estimate of drug-likeness (QED) is 0.860. The van der Waals surface area contributed by atoms with Crippen LogP contribution in [0.4, 0.5) is 0 Å². The molecule has 0 saturated carbocycles. The maximum absolute atomic E-state index is 12.8. The van der Waals surface area contributed by atoms with E-state index in [4.69, 9.17) is 0 Å². The minimum atomic E-state index is -3.49. The molecule has 2 aliphatic rings. The summed E-state index contributed by atoms with van der Waals surface area (Å²) in [6, 6.07) is 3.51. The van der Waals surface area contributed by atoms with E-state index in [1.807, 2.05) is 0 Å².